The Morgan fingerprint density at radius 1 is 1.23 bits per heavy atom. The predicted molar refractivity (Wildman–Crippen MR) is 107 cm³/mol. The van der Waals surface area contributed by atoms with Gasteiger partial charge in [-0.15, -0.1) is 0 Å². The molecule has 2 aromatic rings. The zero-order valence-electron chi connectivity index (χ0n) is 16.2. The molecule has 1 fully saturated rings. The first-order chi connectivity index (χ1) is 14.2. The summed E-state index contributed by atoms with van der Waals surface area (Å²) in [7, 11) is 0. The maximum absolute atomic E-state index is 14.5. The fourth-order valence-corrected chi connectivity index (χ4v) is 3.33. The summed E-state index contributed by atoms with van der Waals surface area (Å²) in [5.41, 5.74) is 5.31. The van der Waals surface area contributed by atoms with Gasteiger partial charge in [0.2, 0.25) is 17.7 Å². The van der Waals surface area contributed by atoms with Crippen LogP contribution in [0, 0.1) is 12.2 Å². The third-order valence-corrected chi connectivity index (χ3v) is 4.59. The SMILES string of the molecule is CC(=O)N[C@H]1[CH]C(C(N)=O)N(CC(=O)Nc2ccc(-n3ccccc3=O)cc2F)C1. The first-order valence-electron chi connectivity index (χ1n) is 9.17. The molecule has 1 aliphatic heterocycles. The van der Waals surface area contributed by atoms with Gasteiger partial charge in [0.15, 0.2) is 0 Å². The van der Waals surface area contributed by atoms with Crippen LogP contribution in [0.25, 0.3) is 5.69 Å². The van der Waals surface area contributed by atoms with Crippen molar-refractivity contribution in [2.75, 3.05) is 18.4 Å². The highest BCUT2D eigenvalue weighted by atomic mass is 19.1. The normalized spacial score (nSPS) is 18.7. The van der Waals surface area contributed by atoms with Crippen LogP contribution in [0.2, 0.25) is 0 Å². The van der Waals surface area contributed by atoms with Gasteiger partial charge in [-0.1, -0.05) is 6.07 Å². The van der Waals surface area contributed by atoms with Gasteiger partial charge in [0.05, 0.1) is 24.0 Å². The van der Waals surface area contributed by atoms with E-state index in [1.54, 1.807) is 18.6 Å². The van der Waals surface area contributed by atoms with Crippen molar-refractivity contribution < 1.29 is 18.8 Å². The second kappa shape index (κ2) is 8.87. The van der Waals surface area contributed by atoms with E-state index in [-0.39, 0.29) is 30.2 Å². The molecule has 0 bridgehead atoms. The van der Waals surface area contributed by atoms with E-state index in [1.807, 2.05) is 0 Å². The van der Waals surface area contributed by atoms with Crippen LogP contribution in [0.5, 0.6) is 0 Å². The van der Waals surface area contributed by atoms with Gasteiger partial charge in [0.1, 0.15) is 5.82 Å². The molecule has 1 unspecified atom stereocenters. The molecule has 4 N–H and O–H groups in total. The molecule has 0 spiro atoms. The van der Waals surface area contributed by atoms with E-state index in [0.717, 1.165) is 6.07 Å². The minimum Gasteiger partial charge on any atom is -0.368 e. The Kier molecular flexibility index (Phi) is 6.26. The van der Waals surface area contributed by atoms with Crippen molar-refractivity contribution >= 4 is 23.4 Å². The summed E-state index contributed by atoms with van der Waals surface area (Å²) >= 11 is 0. The van der Waals surface area contributed by atoms with Crippen molar-refractivity contribution in [3.05, 3.63) is 65.2 Å². The third-order valence-electron chi connectivity index (χ3n) is 4.59. The molecule has 30 heavy (non-hydrogen) atoms. The number of likely N-dealkylation sites (tertiary alicyclic amines) is 1. The molecular formula is C20H21FN5O4. The van der Waals surface area contributed by atoms with Crippen LogP contribution in [0.1, 0.15) is 6.92 Å². The second-order valence-electron chi connectivity index (χ2n) is 6.90. The van der Waals surface area contributed by atoms with Gasteiger partial charge in [0, 0.05) is 44.3 Å². The summed E-state index contributed by atoms with van der Waals surface area (Å²) in [5, 5.41) is 5.10. The van der Waals surface area contributed by atoms with Gasteiger partial charge in [0.25, 0.3) is 5.56 Å². The number of rotatable bonds is 6. The number of nitrogens with two attached hydrogens (primary N) is 1. The van der Waals surface area contributed by atoms with Gasteiger partial charge in [-0.2, -0.15) is 0 Å². The van der Waals surface area contributed by atoms with E-state index in [1.165, 1.54) is 40.8 Å². The Morgan fingerprint density at radius 3 is 2.63 bits per heavy atom. The highest BCUT2D eigenvalue weighted by Crippen LogP contribution is 2.19. The van der Waals surface area contributed by atoms with E-state index in [2.05, 4.69) is 10.6 Å². The average Bonchev–Trinajstić information content (AvgIpc) is 3.05. The number of primary amides is 1. The number of carbonyl (C=O) groups is 3. The van der Waals surface area contributed by atoms with Crippen molar-refractivity contribution in [2.45, 2.75) is 19.0 Å². The number of halogens is 1. The molecule has 10 heteroatoms. The van der Waals surface area contributed by atoms with E-state index in [0.29, 0.717) is 5.69 Å². The van der Waals surface area contributed by atoms with Gasteiger partial charge < -0.3 is 16.4 Å². The number of carbonyl (C=O) groups excluding carboxylic acids is 3. The number of aromatic nitrogens is 1. The van der Waals surface area contributed by atoms with Crippen LogP contribution in [-0.2, 0) is 14.4 Å². The summed E-state index contributed by atoms with van der Waals surface area (Å²) in [6.45, 7) is 1.34. The molecule has 2 atom stereocenters. The first kappa shape index (κ1) is 21.2. The minimum absolute atomic E-state index is 0.0649. The molecule has 1 aromatic heterocycles. The first-order valence-corrected chi connectivity index (χ1v) is 9.17. The fourth-order valence-electron chi connectivity index (χ4n) is 3.33. The van der Waals surface area contributed by atoms with Gasteiger partial charge in [-0.25, -0.2) is 4.39 Å². The van der Waals surface area contributed by atoms with Crippen LogP contribution < -0.4 is 21.9 Å². The molecule has 0 saturated carbocycles. The Morgan fingerprint density at radius 2 is 2.00 bits per heavy atom. The highest BCUT2D eigenvalue weighted by molar-refractivity contribution is 5.93. The van der Waals surface area contributed by atoms with Crippen molar-refractivity contribution in [1.29, 1.82) is 0 Å². The lowest BCUT2D eigenvalue weighted by atomic mass is 10.1. The van der Waals surface area contributed by atoms with Crippen LogP contribution in [0.3, 0.4) is 0 Å². The summed E-state index contributed by atoms with van der Waals surface area (Å²) in [5.74, 6) is -2.20. The number of pyridine rings is 1. The van der Waals surface area contributed by atoms with Crippen LogP contribution in [-0.4, -0.2) is 52.4 Å². The van der Waals surface area contributed by atoms with E-state index >= 15 is 0 Å². The zero-order valence-corrected chi connectivity index (χ0v) is 16.2. The van der Waals surface area contributed by atoms with Crippen molar-refractivity contribution in [3.8, 4) is 5.69 Å². The molecule has 3 rings (SSSR count). The van der Waals surface area contributed by atoms with E-state index in [9.17, 15) is 23.6 Å². The zero-order chi connectivity index (χ0) is 21.8. The largest absolute Gasteiger partial charge is 0.368 e. The van der Waals surface area contributed by atoms with E-state index in [4.69, 9.17) is 5.73 Å². The van der Waals surface area contributed by atoms with Gasteiger partial charge >= 0.3 is 0 Å². The lowest BCUT2D eigenvalue weighted by Gasteiger charge is -2.21. The van der Waals surface area contributed by atoms with Crippen LogP contribution in [0.4, 0.5) is 10.1 Å². The molecule has 1 aromatic carbocycles. The molecule has 3 amide bonds. The number of anilines is 1. The standard InChI is InChI=1S/C20H21FN5O4/c1-12(27)23-13-8-17(20(22)30)25(10-13)11-18(28)24-16-6-5-14(9-15(16)21)26-7-3-2-4-19(26)29/h2-9,13,17H,10-11H2,1H3,(H2,22,30)(H,23,27)(H,24,28)/t13-,17?/m0/s1. The predicted octanol–water partition coefficient (Wildman–Crippen LogP) is -0.206. The molecule has 1 aliphatic rings. The number of amides is 3. The fraction of sp³-hybridized carbons (Fsp3) is 0.250. The Bertz CT molecular complexity index is 1040. The quantitative estimate of drug-likeness (QED) is 0.603. The monoisotopic (exact) mass is 414 g/mol. The van der Waals surface area contributed by atoms with Gasteiger partial charge in [-0.3, -0.25) is 28.6 Å². The smallest absolute Gasteiger partial charge is 0.255 e. The van der Waals surface area contributed by atoms with Crippen molar-refractivity contribution in [3.63, 3.8) is 0 Å². The Labute approximate surface area is 171 Å². The molecular weight excluding hydrogens is 393 g/mol. The summed E-state index contributed by atoms with van der Waals surface area (Å²) < 4.78 is 15.8. The summed E-state index contributed by atoms with van der Waals surface area (Å²) in [6, 6.07) is 7.31. The van der Waals surface area contributed by atoms with Crippen molar-refractivity contribution in [2.24, 2.45) is 5.73 Å². The number of hydrogen-bond acceptors (Lipinski definition) is 5. The maximum atomic E-state index is 14.5. The average molecular weight is 414 g/mol. The molecule has 1 saturated heterocycles. The topological polar surface area (TPSA) is 127 Å². The molecule has 9 nitrogen and oxygen atoms in total. The number of nitrogens with zero attached hydrogens (tertiary/aromatic N) is 2. The number of nitrogens with one attached hydrogen (secondary N) is 2. The number of hydrogen-bond donors (Lipinski definition) is 3. The highest BCUT2D eigenvalue weighted by Gasteiger charge is 2.37. The Balaban J connectivity index is 1.68. The lowest BCUT2D eigenvalue weighted by molar-refractivity contribution is -0.123. The number of benzene rings is 1. The Hall–Kier alpha value is -3.53. The van der Waals surface area contributed by atoms with E-state index < -0.39 is 29.7 Å². The van der Waals surface area contributed by atoms with Crippen molar-refractivity contribution in [1.82, 2.24) is 14.8 Å². The van der Waals surface area contributed by atoms with Gasteiger partial charge in [-0.05, 0) is 18.2 Å². The molecule has 157 valence electrons. The molecule has 0 aliphatic carbocycles. The maximum Gasteiger partial charge on any atom is 0.255 e. The third kappa shape index (κ3) is 4.90. The molecule has 1 radical (unpaired) electrons. The summed E-state index contributed by atoms with van der Waals surface area (Å²) in [6.07, 6.45) is 3.07. The lowest BCUT2D eigenvalue weighted by Crippen LogP contribution is -2.44. The minimum atomic E-state index is -0.829. The summed E-state index contributed by atoms with van der Waals surface area (Å²) in [4.78, 5) is 48.6. The molecule has 2 heterocycles. The second-order valence-corrected chi connectivity index (χ2v) is 6.90. The van der Waals surface area contributed by atoms with Crippen LogP contribution >= 0.6 is 0 Å². The van der Waals surface area contributed by atoms with Crippen LogP contribution in [0.15, 0.2) is 47.4 Å².